The van der Waals surface area contributed by atoms with Gasteiger partial charge < -0.3 is 19.3 Å². The van der Waals surface area contributed by atoms with Gasteiger partial charge in [-0.2, -0.15) is 5.10 Å². The van der Waals surface area contributed by atoms with Gasteiger partial charge in [0.15, 0.2) is 5.75 Å². The maximum atomic E-state index is 10.6. The minimum Gasteiger partial charge on any atom is -0.507 e. The number of phenols is 1. The Balaban J connectivity index is 1.52. The van der Waals surface area contributed by atoms with Gasteiger partial charge in [0.2, 0.25) is 0 Å². The first-order valence-corrected chi connectivity index (χ1v) is 9.50. The van der Waals surface area contributed by atoms with E-state index in [-0.39, 0.29) is 5.75 Å². The molecule has 1 aromatic heterocycles. The summed E-state index contributed by atoms with van der Waals surface area (Å²) in [6.07, 6.45) is 1.57. The summed E-state index contributed by atoms with van der Waals surface area (Å²) in [4.78, 5) is 0. The minimum absolute atomic E-state index is 0.0667. The second kappa shape index (κ2) is 8.61. The van der Waals surface area contributed by atoms with Crippen LogP contribution in [0.4, 0.5) is 0 Å². The lowest BCUT2D eigenvalue weighted by Crippen LogP contribution is -1.97. The average molecular weight is 402 g/mol. The Morgan fingerprint density at radius 2 is 1.77 bits per heavy atom. The number of methoxy groups -OCH3 is 1. The van der Waals surface area contributed by atoms with Gasteiger partial charge >= 0.3 is 0 Å². The molecule has 4 rings (SSSR count). The molecule has 0 saturated heterocycles. The van der Waals surface area contributed by atoms with Crippen LogP contribution in [0.3, 0.4) is 0 Å². The van der Waals surface area contributed by atoms with E-state index in [1.165, 1.54) is 0 Å². The number of aromatic hydroxyl groups is 1. The number of H-pyrrole nitrogens is 1. The van der Waals surface area contributed by atoms with E-state index in [9.17, 15) is 5.11 Å². The van der Waals surface area contributed by atoms with E-state index in [0.29, 0.717) is 40.9 Å². The van der Waals surface area contributed by atoms with Gasteiger partial charge in [-0.05, 0) is 42.3 Å². The maximum absolute atomic E-state index is 10.6. The van der Waals surface area contributed by atoms with Gasteiger partial charge in [0, 0.05) is 17.7 Å². The van der Waals surface area contributed by atoms with Gasteiger partial charge in [-0.3, -0.25) is 5.10 Å². The van der Waals surface area contributed by atoms with Gasteiger partial charge in [-0.15, -0.1) is 0 Å². The molecule has 152 valence electrons. The van der Waals surface area contributed by atoms with E-state index in [0.717, 1.165) is 11.1 Å². The fraction of sp³-hybridized carbons (Fsp3) is 0.125. The molecule has 1 heterocycles. The Morgan fingerprint density at radius 3 is 2.57 bits per heavy atom. The zero-order valence-electron chi connectivity index (χ0n) is 16.8. The molecular formula is C24H22N2O4. The van der Waals surface area contributed by atoms with Crippen molar-refractivity contribution >= 4 is 0 Å². The molecule has 0 amide bonds. The number of rotatable bonds is 7. The maximum Gasteiger partial charge on any atom is 0.173 e. The zero-order valence-corrected chi connectivity index (χ0v) is 16.8. The number of aryl methyl sites for hydroxylation is 1. The van der Waals surface area contributed by atoms with Crippen molar-refractivity contribution in [2.75, 3.05) is 7.11 Å². The Morgan fingerprint density at radius 1 is 0.933 bits per heavy atom. The average Bonchev–Trinajstić information content (AvgIpc) is 3.21. The van der Waals surface area contributed by atoms with Crippen LogP contribution in [0.25, 0.3) is 11.3 Å². The van der Waals surface area contributed by atoms with E-state index in [1.54, 1.807) is 31.5 Å². The fourth-order valence-corrected chi connectivity index (χ4v) is 3.08. The summed E-state index contributed by atoms with van der Waals surface area (Å²) in [5, 5.41) is 17.5. The molecule has 0 saturated carbocycles. The molecule has 0 unspecified atom stereocenters. The molecule has 0 aliphatic carbocycles. The molecule has 0 bridgehead atoms. The van der Waals surface area contributed by atoms with Crippen molar-refractivity contribution in [3.8, 4) is 40.0 Å². The van der Waals surface area contributed by atoms with Crippen LogP contribution in [0.1, 0.15) is 11.1 Å². The first-order valence-electron chi connectivity index (χ1n) is 9.50. The van der Waals surface area contributed by atoms with Gasteiger partial charge in [-0.25, -0.2) is 0 Å². The van der Waals surface area contributed by atoms with Crippen molar-refractivity contribution in [2.24, 2.45) is 0 Å². The lowest BCUT2D eigenvalue weighted by molar-refractivity contribution is 0.303. The van der Waals surface area contributed by atoms with E-state index < -0.39 is 0 Å². The number of hydrogen-bond acceptors (Lipinski definition) is 5. The zero-order chi connectivity index (χ0) is 20.9. The summed E-state index contributed by atoms with van der Waals surface area (Å²) < 4.78 is 17.0. The number of nitrogens with zero attached hydrogens (tertiary/aromatic N) is 1. The molecule has 0 radical (unpaired) electrons. The van der Waals surface area contributed by atoms with Crippen molar-refractivity contribution in [2.45, 2.75) is 13.5 Å². The van der Waals surface area contributed by atoms with Crippen LogP contribution in [-0.4, -0.2) is 22.4 Å². The summed E-state index contributed by atoms with van der Waals surface area (Å²) >= 11 is 0. The molecule has 3 aromatic carbocycles. The molecule has 0 spiro atoms. The molecule has 0 aliphatic rings. The molecule has 0 fully saturated rings. The van der Waals surface area contributed by atoms with Crippen molar-refractivity contribution in [3.05, 3.63) is 84.1 Å². The van der Waals surface area contributed by atoms with Crippen LogP contribution in [0.15, 0.2) is 72.9 Å². The second-order valence-corrected chi connectivity index (χ2v) is 6.78. The molecule has 4 aromatic rings. The Kier molecular flexibility index (Phi) is 5.57. The largest absolute Gasteiger partial charge is 0.507 e. The first kappa shape index (κ1) is 19.4. The van der Waals surface area contributed by atoms with E-state index >= 15 is 0 Å². The Bertz CT molecular complexity index is 1150. The Hall–Kier alpha value is -3.93. The van der Waals surface area contributed by atoms with Crippen molar-refractivity contribution in [3.63, 3.8) is 0 Å². The minimum atomic E-state index is 0.0667. The van der Waals surface area contributed by atoms with Crippen molar-refractivity contribution in [1.82, 2.24) is 10.2 Å². The number of nitrogens with one attached hydrogen (secondary N) is 1. The summed E-state index contributed by atoms with van der Waals surface area (Å²) in [5.41, 5.74) is 3.40. The normalized spacial score (nSPS) is 10.6. The summed E-state index contributed by atoms with van der Waals surface area (Å²) in [7, 11) is 1.60. The third kappa shape index (κ3) is 4.22. The summed E-state index contributed by atoms with van der Waals surface area (Å²) in [6, 6.07) is 20.5. The SMILES string of the molecule is COc1cccc(Oc2cn[nH]c2-c2ccc(OCc3ccccc3C)cc2O)c1. The molecule has 0 atom stereocenters. The molecule has 2 N–H and O–H groups in total. The quantitative estimate of drug-likeness (QED) is 0.429. The van der Waals surface area contributed by atoms with Crippen LogP contribution >= 0.6 is 0 Å². The summed E-state index contributed by atoms with van der Waals surface area (Å²) in [5.74, 6) is 2.43. The van der Waals surface area contributed by atoms with Crippen LogP contribution in [0.5, 0.6) is 28.7 Å². The summed E-state index contributed by atoms with van der Waals surface area (Å²) in [6.45, 7) is 2.47. The third-order valence-electron chi connectivity index (χ3n) is 4.77. The van der Waals surface area contributed by atoms with Crippen LogP contribution < -0.4 is 14.2 Å². The number of ether oxygens (including phenoxy) is 3. The first-order chi connectivity index (χ1) is 14.6. The topological polar surface area (TPSA) is 76.6 Å². The van der Waals surface area contributed by atoms with Gasteiger partial charge in [0.1, 0.15) is 35.3 Å². The van der Waals surface area contributed by atoms with Gasteiger partial charge in [0.25, 0.3) is 0 Å². The highest BCUT2D eigenvalue weighted by Crippen LogP contribution is 2.38. The van der Waals surface area contributed by atoms with Gasteiger partial charge in [-0.1, -0.05) is 30.3 Å². The number of aromatic amines is 1. The van der Waals surface area contributed by atoms with Crippen LogP contribution in [0, 0.1) is 6.92 Å². The predicted octanol–water partition coefficient (Wildman–Crippen LogP) is 5.47. The molecule has 6 heteroatoms. The number of phenolic OH excluding ortho intramolecular Hbond substituents is 1. The highest BCUT2D eigenvalue weighted by Gasteiger charge is 2.15. The van der Waals surface area contributed by atoms with Crippen LogP contribution in [-0.2, 0) is 6.61 Å². The van der Waals surface area contributed by atoms with Gasteiger partial charge in [0.05, 0.1) is 13.3 Å². The highest BCUT2D eigenvalue weighted by molar-refractivity contribution is 5.73. The number of benzene rings is 3. The third-order valence-corrected chi connectivity index (χ3v) is 4.77. The number of hydrogen-bond donors (Lipinski definition) is 2. The van der Waals surface area contributed by atoms with E-state index in [2.05, 4.69) is 10.2 Å². The Labute approximate surface area is 174 Å². The smallest absolute Gasteiger partial charge is 0.173 e. The lowest BCUT2D eigenvalue weighted by atomic mass is 10.1. The van der Waals surface area contributed by atoms with Crippen molar-refractivity contribution in [1.29, 1.82) is 0 Å². The van der Waals surface area contributed by atoms with Crippen molar-refractivity contribution < 1.29 is 19.3 Å². The fourth-order valence-electron chi connectivity index (χ4n) is 3.08. The molecular weight excluding hydrogens is 380 g/mol. The predicted molar refractivity (Wildman–Crippen MR) is 114 cm³/mol. The van der Waals surface area contributed by atoms with Crippen LogP contribution in [0.2, 0.25) is 0 Å². The van der Waals surface area contributed by atoms with E-state index in [4.69, 9.17) is 14.2 Å². The second-order valence-electron chi connectivity index (χ2n) is 6.78. The highest BCUT2D eigenvalue weighted by atomic mass is 16.5. The molecule has 6 nitrogen and oxygen atoms in total. The van der Waals surface area contributed by atoms with E-state index in [1.807, 2.05) is 55.5 Å². The molecule has 30 heavy (non-hydrogen) atoms. The molecule has 0 aliphatic heterocycles. The lowest BCUT2D eigenvalue weighted by Gasteiger charge is -2.11. The number of aromatic nitrogens is 2. The monoisotopic (exact) mass is 402 g/mol. The standard InChI is InChI=1S/C24H22N2O4/c1-16-6-3-4-7-17(16)15-29-19-10-11-21(22(27)13-19)24-23(14-25-26-24)30-20-9-5-8-18(12-20)28-2/h3-14,27H,15H2,1-2H3,(H,25,26).